The zero-order valence-corrected chi connectivity index (χ0v) is 14.6. The van der Waals surface area contributed by atoms with Crippen molar-refractivity contribution < 1.29 is 14.3 Å². The zero-order chi connectivity index (χ0) is 15.6. The molecule has 0 spiro atoms. The van der Waals surface area contributed by atoms with Gasteiger partial charge >= 0.3 is 5.97 Å². The second-order valence-electron chi connectivity index (χ2n) is 5.79. The fourth-order valence-electron chi connectivity index (χ4n) is 2.47. The van der Waals surface area contributed by atoms with Gasteiger partial charge in [0.15, 0.2) is 0 Å². The van der Waals surface area contributed by atoms with Crippen molar-refractivity contribution in [2.24, 2.45) is 0 Å². The van der Waals surface area contributed by atoms with E-state index in [9.17, 15) is 4.79 Å². The zero-order valence-electron chi connectivity index (χ0n) is 13.8. The lowest BCUT2D eigenvalue weighted by atomic mass is 9.96. The van der Waals surface area contributed by atoms with Gasteiger partial charge in [0.25, 0.3) is 0 Å². The predicted octanol–water partition coefficient (Wildman–Crippen LogP) is 3.00. The summed E-state index contributed by atoms with van der Waals surface area (Å²) in [6, 6.07) is 0. The van der Waals surface area contributed by atoms with E-state index in [0.717, 1.165) is 43.9 Å². The Morgan fingerprint density at radius 2 is 2.29 bits per heavy atom. The highest BCUT2D eigenvalue weighted by molar-refractivity contribution is 7.99. The van der Waals surface area contributed by atoms with Gasteiger partial charge in [0.2, 0.25) is 0 Å². The van der Waals surface area contributed by atoms with E-state index in [2.05, 4.69) is 12.2 Å². The van der Waals surface area contributed by atoms with Crippen molar-refractivity contribution >= 4 is 17.7 Å². The molecule has 0 radical (unpaired) electrons. The molecule has 21 heavy (non-hydrogen) atoms. The Hall–Kier alpha value is -0.260. The van der Waals surface area contributed by atoms with Gasteiger partial charge in [-0.25, -0.2) is 0 Å². The number of hydrogen-bond acceptors (Lipinski definition) is 5. The maximum absolute atomic E-state index is 12.1. The summed E-state index contributed by atoms with van der Waals surface area (Å²) in [7, 11) is 0. The van der Waals surface area contributed by atoms with Crippen molar-refractivity contribution in [3.8, 4) is 0 Å². The molecule has 0 saturated carbocycles. The van der Waals surface area contributed by atoms with Crippen molar-refractivity contribution in [2.75, 3.05) is 31.3 Å². The normalized spacial score (nSPS) is 21.2. The topological polar surface area (TPSA) is 47.6 Å². The number of carbonyl (C=O) groups excluding carboxylic acids is 1. The molecule has 0 aromatic rings. The molecule has 124 valence electrons. The predicted molar refractivity (Wildman–Crippen MR) is 88.9 cm³/mol. The Morgan fingerprint density at radius 1 is 1.48 bits per heavy atom. The number of rotatable bonds is 11. The summed E-state index contributed by atoms with van der Waals surface area (Å²) >= 11 is 1.94. The summed E-state index contributed by atoms with van der Waals surface area (Å²) in [5.74, 6) is 2.03. The molecule has 1 saturated heterocycles. The first-order chi connectivity index (χ1) is 10.1. The second-order valence-corrected chi connectivity index (χ2v) is 6.94. The highest BCUT2D eigenvalue weighted by Gasteiger charge is 2.33. The van der Waals surface area contributed by atoms with Crippen molar-refractivity contribution in [1.82, 2.24) is 5.32 Å². The molecule has 1 rings (SSSR count). The van der Waals surface area contributed by atoms with Gasteiger partial charge < -0.3 is 14.8 Å². The highest BCUT2D eigenvalue weighted by atomic mass is 32.2. The number of hydrogen-bond donors (Lipinski definition) is 1. The van der Waals surface area contributed by atoms with Crippen LogP contribution in [0, 0.1) is 0 Å². The van der Waals surface area contributed by atoms with E-state index in [4.69, 9.17) is 9.47 Å². The van der Waals surface area contributed by atoms with E-state index in [-0.39, 0.29) is 5.97 Å². The molecule has 0 aromatic carbocycles. The molecule has 2 unspecified atom stereocenters. The van der Waals surface area contributed by atoms with Crippen LogP contribution in [0.25, 0.3) is 0 Å². The van der Waals surface area contributed by atoms with Gasteiger partial charge in [0.1, 0.15) is 5.54 Å². The number of nitrogens with one attached hydrogen (secondary N) is 1. The smallest absolute Gasteiger partial charge is 0.326 e. The monoisotopic (exact) mass is 317 g/mol. The van der Waals surface area contributed by atoms with Crippen LogP contribution in [0.15, 0.2) is 0 Å². The van der Waals surface area contributed by atoms with Crippen LogP contribution >= 0.6 is 11.8 Å². The van der Waals surface area contributed by atoms with E-state index >= 15 is 0 Å². The molecule has 4 nitrogen and oxygen atoms in total. The number of thioether (sulfide) groups is 1. The Kier molecular flexibility index (Phi) is 9.36. The quantitative estimate of drug-likeness (QED) is 0.469. The minimum atomic E-state index is -0.545. The van der Waals surface area contributed by atoms with Gasteiger partial charge in [-0.1, -0.05) is 6.92 Å². The molecular formula is C16H31NO3S. The summed E-state index contributed by atoms with van der Waals surface area (Å²) in [6.45, 7) is 8.14. The van der Waals surface area contributed by atoms with Crippen LogP contribution in [-0.4, -0.2) is 48.9 Å². The first-order valence-electron chi connectivity index (χ1n) is 8.24. The van der Waals surface area contributed by atoms with E-state index in [1.165, 1.54) is 12.8 Å². The molecule has 1 aliphatic heterocycles. The van der Waals surface area contributed by atoms with Gasteiger partial charge in [-0.2, -0.15) is 11.8 Å². The largest absolute Gasteiger partial charge is 0.465 e. The fraction of sp³-hybridized carbons (Fsp3) is 0.938. The van der Waals surface area contributed by atoms with Crippen LogP contribution in [0.5, 0.6) is 0 Å². The number of ether oxygens (including phenoxy) is 2. The molecule has 1 N–H and O–H groups in total. The van der Waals surface area contributed by atoms with Crippen LogP contribution in [0.3, 0.4) is 0 Å². The van der Waals surface area contributed by atoms with Crippen LogP contribution in [0.2, 0.25) is 0 Å². The molecule has 1 fully saturated rings. The molecule has 1 aliphatic rings. The molecule has 0 aliphatic carbocycles. The Morgan fingerprint density at radius 3 is 2.90 bits per heavy atom. The Balaban J connectivity index is 2.25. The Bertz CT molecular complexity index is 295. The third kappa shape index (κ3) is 7.02. The maximum atomic E-state index is 12.1. The highest BCUT2D eigenvalue weighted by Crippen LogP contribution is 2.20. The second kappa shape index (κ2) is 10.5. The average molecular weight is 317 g/mol. The van der Waals surface area contributed by atoms with Gasteiger partial charge in [-0.05, 0) is 58.2 Å². The molecule has 0 bridgehead atoms. The van der Waals surface area contributed by atoms with Gasteiger partial charge in [0.05, 0.1) is 12.7 Å². The maximum Gasteiger partial charge on any atom is 0.326 e. The fourth-order valence-corrected chi connectivity index (χ4v) is 3.51. The van der Waals surface area contributed by atoms with Crippen LogP contribution < -0.4 is 5.32 Å². The van der Waals surface area contributed by atoms with E-state index < -0.39 is 5.54 Å². The minimum Gasteiger partial charge on any atom is -0.465 e. The SMILES string of the molecule is CCCNC(C)(CCCSCC1CCCO1)C(=O)OCC. The lowest BCUT2D eigenvalue weighted by Gasteiger charge is -2.28. The van der Waals surface area contributed by atoms with E-state index in [0.29, 0.717) is 12.7 Å². The minimum absolute atomic E-state index is 0.123. The summed E-state index contributed by atoms with van der Waals surface area (Å²) in [5.41, 5.74) is -0.545. The van der Waals surface area contributed by atoms with Crippen LogP contribution in [0.4, 0.5) is 0 Å². The van der Waals surface area contributed by atoms with Crippen LogP contribution in [0.1, 0.15) is 52.9 Å². The molecule has 0 aromatic heterocycles. The molecule has 0 amide bonds. The summed E-state index contributed by atoms with van der Waals surface area (Å²) in [6.07, 6.45) is 5.71. The van der Waals surface area contributed by atoms with E-state index in [1.54, 1.807) is 0 Å². The molecule has 1 heterocycles. The van der Waals surface area contributed by atoms with Crippen LogP contribution in [-0.2, 0) is 14.3 Å². The standard InChI is InChI=1S/C16H31NO3S/c1-4-10-17-16(3,15(18)19-5-2)9-7-12-21-13-14-8-6-11-20-14/h14,17H,4-13H2,1-3H3. The van der Waals surface area contributed by atoms with Crippen molar-refractivity contribution in [1.29, 1.82) is 0 Å². The summed E-state index contributed by atoms with van der Waals surface area (Å²) in [4.78, 5) is 12.1. The Labute approximate surface area is 133 Å². The lowest BCUT2D eigenvalue weighted by molar-refractivity contribution is -0.150. The molecule has 5 heteroatoms. The summed E-state index contributed by atoms with van der Waals surface area (Å²) in [5, 5.41) is 3.35. The third-order valence-corrected chi connectivity index (χ3v) is 4.97. The van der Waals surface area contributed by atoms with Crippen molar-refractivity contribution in [3.63, 3.8) is 0 Å². The van der Waals surface area contributed by atoms with E-state index in [1.807, 2.05) is 25.6 Å². The average Bonchev–Trinajstić information content (AvgIpc) is 2.98. The molecular weight excluding hydrogens is 286 g/mol. The third-order valence-electron chi connectivity index (χ3n) is 3.78. The van der Waals surface area contributed by atoms with Gasteiger partial charge in [0, 0.05) is 12.4 Å². The first kappa shape index (κ1) is 18.8. The first-order valence-corrected chi connectivity index (χ1v) is 9.39. The molecule has 2 atom stereocenters. The number of carbonyl (C=O) groups is 1. The van der Waals surface area contributed by atoms with Crippen molar-refractivity contribution in [3.05, 3.63) is 0 Å². The van der Waals surface area contributed by atoms with Crippen molar-refractivity contribution in [2.45, 2.75) is 64.5 Å². The van der Waals surface area contributed by atoms with Gasteiger partial charge in [-0.15, -0.1) is 0 Å². The number of esters is 1. The van der Waals surface area contributed by atoms with Gasteiger partial charge in [-0.3, -0.25) is 4.79 Å². The summed E-state index contributed by atoms with van der Waals surface area (Å²) < 4.78 is 10.8. The lowest BCUT2D eigenvalue weighted by Crippen LogP contribution is -2.50.